The van der Waals surface area contributed by atoms with Gasteiger partial charge in [0.15, 0.2) is 0 Å². The first-order chi connectivity index (χ1) is 12.9. The van der Waals surface area contributed by atoms with Gasteiger partial charge in [-0.3, -0.25) is 0 Å². The fraction of sp³-hybridized carbons (Fsp3) is 0.650. The van der Waals surface area contributed by atoms with Crippen LogP contribution in [0.2, 0.25) is 0 Å². The lowest BCUT2D eigenvalue weighted by atomic mass is 10.0. The van der Waals surface area contributed by atoms with Gasteiger partial charge in [-0.15, -0.1) is 0 Å². The second kappa shape index (κ2) is 10.1. The van der Waals surface area contributed by atoms with E-state index < -0.39 is 10.0 Å². The van der Waals surface area contributed by atoms with Crippen molar-refractivity contribution in [3.63, 3.8) is 0 Å². The van der Waals surface area contributed by atoms with Gasteiger partial charge in [-0.25, -0.2) is 13.2 Å². The first-order valence-corrected chi connectivity index (χ1v) is 11.5. The predicted octanol–water partition coefficient (Wildman–Crippen LogP) is 3.66. The first-order valence-electron chi connectivity index (χ1n) is 10.0. The summed E-state index contributed by atoms with van der Waals surface area (Å²) in [6.45, 7) is 7.13. The Hall–Kier alpha value is -1.60. The van der Waals surface area contributed by atoms with Crippen LogP contribution in [0.5, 0.6) is 0 Å². The molecule has 2 rings (SSSR count). The van der Waals surface area contributed by atoms with Crippen LogP contribution in [-0.2, 0) is 10.0 Å². The van der Waals surface area contributed by atoms with E-state index in [0.29, 0.717) is 19.6 Å². The first kappa shape index (κ1) is 21.7. The summed E-state index contributed by atoms with van der Waals surface area (Å²) in [6.07, 6.45) is 6.23. The molecule has 1 aromatic rings. The lowest BCUT2D eigenvalue weighted by Crippen LogP contribution is -2.37. The quantitative estimate of drug-likeness (QED) is 0.670. The average Bonchev–Trinajstić information content (AvgIpc) is 3.16. The highest BCUT2D eigenvalue weighted by atomic mass is 32.2. The molecule has 0 aromatic heterocycles. The summed E-state index contributed by atoms with van der Waals surface area (Å²) in [5.41, 5.74) is 0.874. The van der Waals surface area contributed by atoms with E-state index in [-0.39, 0.29) is 17.0 Å². The number of amides is 2. The molecule has 1 atom stereocenters. The van der Waals surface area contributed by atoms with Crippen LogP contribution in [0.1, 0.15) is 64.5 Å². The molecule has 2 amide bonds. The van der Waals surface area contributed by atoms with E-state index in [1.165, 1.54) is 30.0 Å². The number of nitrogens with zero attached hydrogens (tertiary/aromatic N) is 1. The van der Waals surface area contributed by atoms with Gasteiger partial charge in [0.2, 0.25) is 10.0 Å². The van der Waals surface area contributed by atoms with Crippen molar-refractivity contribution in [2.24, 2.45) is 5.92 Å². The molecule has 1 aliphatic carbocycles. The normalized spacial score (nSPS) is 16.4. The van der Waals surface area contributed by atoms with Crippen LogP contribution in [-0.4, -0.2) is 38.4 Å². The fourth-order valence-corrected chi connectivity index (χ4v) is 5.12. The van der Waals surface area contributed by atoms with E-state index in [9.17, 15) is 13.2 Å². The number of nitrogens with one attached hydrogen (secondary N) is 2. The molecule has 27 heavy (non-hydrogen) atoms. The maximum absolute atomic E-state index is 12.5. The number of benzene rings is 1. The standard InChI is InChI=1S/C20H33N3O3S/c1-4-23(5-2)27(25,26)19-12-10-18(11-13-19)16(3)22-20(24)21-15-14-17-8-6-7-9-17/h10-13,16-17H,4-9,14-15H2,1-3H3,(H2,21,22,24)/t16-/m0/s1. The van der Waals surface area contributed by atoms with E-state index in [2.05, 4.69) is 10.6 Å². The molecule has 1 fully saturated rings. The summed E-state index contributed by atoms with van der Waals surface area (Å²) < 4.78 is 26.5. The second-order valence-corrected chi connectivity index (χ2v) is 9.16. The lowest BCUT2D eigenvalue weighted by Gasteiger charge is -2.19. The van der Waals surface area contributed by atoms with Gasteiger partial charge in [-0.05, 0) is 37.0 Å². The molecule has 7 heteroatoms. The summed E-state index contributed by atoms with van der Waals surface area (Å²) in [5, 5.41) is 5.84. The number of carbonyl (C=O) groups excluding carboxylic acids is 1. The van der Waals surface area contributed by atoms with Crippen molar-refractivity contribution in [1.82, 2.24) is 14.9 Å². The molecule has 0 radical (unpaired) electrons. The van der Waals surface area contributed by atoms with Crippen LogP contribution in [0.15, 0.2) is 29.2 Å². The van der Waals surface area contributed by atoms with E-state index in [1.54, 1.807) is 24.3 Å². The van der Waals surface area contributed by atoms with Gasteiger partial charge in [-0.2, -0.15) is 4.31 Å². The van der Waals surface area contributed by atoms with Crippen LogP contribution >= 0.6 is 0 Å². The summed E-state index contributed by atoms with van der Waals surface area (Å²) in [7, 11) is -3.45. The number of sulfonamides is 1. The Bertz CT molecular complexity index is 694. The van der Waals surface area contributed by atoms with Crippen molar-refractivity contribution >= 4 is 16.1 Å². The molecule has 0 saturated heterocycles. The summed E-state index contributed by atoms with van der Waals surface area (Å²) in [6, 6.07) is 6.37. The fourth-order valence-electron chi connectivity index (χ4n) is 3.66. The van der Waals surface area contributed by atoms with Crippen LogP contribution in [0.3, 0.4) is 0 Å². The molecule has 0 unspecified atom stereocenters. The molecule has 0 spiro atoms. The number of hydrogen-bond donors (Lipinski definition) is 2. The molecule has 152 valence electrons. The van der Waals surface area contributed by atoms with Crippen LogP contribution < -0.4 is 10.6 Å². The van der Waals surface area contributed by atoms with Gasteiger partial charge in [0, 0.05) is 19.6 Å². The predicted molar refractivity (Wildman–Crippen MR) is 108 cm³/mol. The third kappa shape index (κ3) is 5.94. The number of carbonyl (C=O) groups is 1. The molecule has 1 aromatic carbocycles. The number of rotatable bonds is 9. The molecular formula is C20H33N3O3S. The van der Waals surface area contributed by atoms with Crippen molar-refractivity contribution in [3.05, 3.63) is 29.8 Å². The van der Waals surface area contributed by atoms with Gasteiger partial charge >= 0.3 is 6.03 Å². The van der Waals surface area contributed by atoms with Crippen molar-refractivity contribution in [2.45, 2.75) is 63.8 Å². The highest BCUT2D eigenvalue weighted by Crippen LogP contribution is 2.26. The molecule has 0 aliphatic heterocycles. The minimum Gasteiger partial charge on any atom is -0.338 e. The smallest absolute Gasteiger partial charge is 0.315 e. The van der Waals surface area contributed by atoms with Gasteiger partial charge in [0.25, 0.3) is 0 Å². The van der Waals surface area contributed by atoms with E-state index >= 15 is 0 Å². The Morgan fingerprint density at radius 2 is 1.74 bits per heavy atom. The minimum absolute atomic E-state index is 0.180. The van der Waals surface area contributed by atoms with Gasteiger partial charge in [0.05, 0.1) is 10.9 Å². The molecule has 6 nitrogen and oxygen atoms in total. The van der Waals surface area contributed by atoms with Crippen molar-refractivity contribution in [1.29, 1.82) is 0 Å². The molecule has 0 bridgehead atoms. The SMILES string of the molecule is CCN(CC)S(=O)(=O)c1ccc([C@H](C)NC(=O)NCCC2CCCC2)cc1. The Kier molecular flexibility index (Phi) is 8.10. The summed E-state index contributed by atoms with van der Waals surface area (Å²) >= 11 is 0. The summed E-state index contributed by atoms with van der Waals surface area (Å²) in [4.78, 5) is 12.3. The summed E-state index contributed by atoms with van der Waals surface area (Å²) in [5.74, 6) is 0.753. The zero-order valence-electron chi connectivity index (χ0n) is 16.7. The maximum Gasteiger partial charge on any atom is 0.315 e. The zero-order valence-corrected chi connectivity index (χ0v) is 17.5. The number of hydrogen-bond acceptors (Lipinski definition) is 3. The lowest BCUT2D eigenvalue weighted by molar-refractivity contribution is 0.237. The molecule has 2 N–H and O–H groups in total. The largest absolute Gasteiger partial charge is 0.338 e. The maximum atomic E-state index is 12.5. The Balaban J connectivity index is 1.87. The third-order valence-electron chi connectivity index (χ3n) is 5.38. The Labute approximate surface area is 163 Å². The van der Waals surface area contributed by atoms with Crippen LogP contribution in [0, 0.1) is 5.92 Å². The van der Waals surface area contributed by atoms with Gasteiger partial charge in [0.1, 0.15) is 0 Å². The van der Waals surface area contributed by atoms with Crippen molar-refractivity contribution < 1.29 is 13.2 Å². The van der Waals surface area contributed by atoms with Crippen molar-refractivity contribution in [2.75, 3.05) is 19.6 Å². The topological polar surface area (TPSA) is 78.5 Å². The zero-order chi connectivity index (χ0) is 19.9. The minimum atomic E-state index is -3.45. The monoisotopic (exact) mass is 395 g/mol. The van der Waals surface area contributed by atoms with Gasteiger partial charge in [-0.1, -0.05) is 51.7 Å². The Morgan fingerprint density at radius 3 is 2.30 bits per heavy atom. The van der Waals surface area contributed by atoms with Gasteiger partial charge < -0.3 is 10.6 Å². The van der Waals surface area contributed by atoms with E-state index in [0.717, 1.165) is 17.9 Å². The Morgan fingerprint density at radius 1 is 1.15 bits per heavy atom. The van der Waals surface area contributed by atoms with E-state index in [4.69, 9.17) is 0 Å². The molecule has 1 saturated carbocycles. The number of urea groups is 1. The highest BCUT2D eigenvalue weighted by molar-refractivity contribution is 7.89. The molecular weight excluding hydrogens is 362 g/mol. The molecule has 0 heterocycles. The highest BCUT2D eigenvalue weighted by Gasteiger charge is 2.21. The van der Waals surface area contributed by atoms with Crippen molar-refractivity contribution in [3.8, 4) is 0 Å². The van der Waals surface area contributed by atoms with E-state index in [1.807, 2.05) is 20.8 Å². The second-order valence-electron chi connectivity index (χ2n) is 7.22. The third-order valence-corrected chi connectivity index (χ3v) is 7.45. The van der Waals surface area contributed by atoms with Crippen LogP contribution in [0.25, 0.3) is 0 Å². The average molecular weight is 396 g/mol. The van der Waals surface area contributed by atoms with Crippen LogP contribution in [0.4, 0.5) is 4.79 Å². The molecule has 1 aliphatic rings.